The van der Waals surface area contributed by atoms with Gasteiger partial charge in [0.2, 0.25) is 5.91 Å². The summed E-state index contributed by atoms with van der Waals surface area (Å²) in [6.07, 6.45) is -4.45. The molecule has 0 radical (unpaired) electrons. The summed E-state index contributed by atoms with van der Waals surface area (Å²) in [5, 5.41) is 5.27. The van der Waals surface area contributed by atoms with Crippen molar-refractivity contribution in [2.75, 3.05) is 13.7 Å². The van der Waals surface area contributed by atoms with Crippen LogP contribution >= 0.6 is 0 Å². The fraction of sp³-hybridized carbons (Fsp3) is 0.304. The third-order valence-corrected chi connectivity index (χ3v) is 4.36. The molecule has 0 bridgehead atoms. The standard InChI is InChI=1S/C23H23F3N2O3/c1-15(2)20(28-21(29)17-9-11-19(31-3)12-10-17)22(30)27-13-5-7-16-6-4-8-18(14-16)23(24,25)26/h4,6,8-12,14-15,20H,13H2,1-3H3,(H,27,30)(H,28,29)/t20-/m1/s1. The van der Waals surface area contributed by atoms with E-state index in [9.17, 15) is 22.8 Å². The monoisotopic (exact) mass is 432 g/mol. The highest BCUT2D eigenvalue weighted by Crippen LogP contribution is 2.29. The van der Waals surface area contributed by atoms with Crippen molar-refractivity contribution in [1.82, 2.24) is 10.6 Å². The quantitative estimate of drug-likeness (QED) is 0.685. The number of nitrogens with one attached hydrogen (secondary N) is 2. The van der Waals surface area contributed by atoms with Gasteiger partial charge in [0.25, 0.3) is 5.91 Å². The zero-order chi connectivity index (χ0) is 23.0. The SMILES string of the molecule is COc1ccc(C(=O)N[C@@H](C(=O)NCC#Cc2cccc(C(F)(F)F)c2)C(C)C)cc1. The highest BCUT2D eigenvalue weighted by molar-refractivity contribution is 5.97. The zero-order valence-corrected chi connectivity index (χ0v) is 17.3. The summed E-state index contributed by atoms with van der Waals surface area (Å²) in [7, 11) is 1.52. The van der Waals surface area contributed by atoms with Crippen LogP contribution in [0.25, 0.3) is 0 Å². The van der Waals surface area contributed by atoms with Crippen molar-refractivity contribution < 1.29 is 27.5 Å². The second-order valence-electron chi connectivity index (χ2n) is 7.02. The average Bonchev–Trinajstić information content (AvgIpc) is 2.74. The van der Waals surface area contributed by atoms with Gasteiger partial charge in [-0.25, -0.2) is 0 Å². The summed E-state index contributed by atoms with van der Waals surface area (Å²) in [6, 6.07) is 10.3. The van der Waals surface area contributed by atoms with Gasteiger partial charge in [0.1, 0.15) is 11.8 Å². The molecule has 2 N–H and O–H groups in total. The number of rotatable bonds is 6. The highest BCUT2D eigenvalue weighted by Gasteiger charge is 2.30. The predicted molar refractivity (Wildman–Crippen MR) is 110 cm³/mol. The van der Waals surface area contributed by atoms with Crippen LogP contribution in [-0.4, -0.2) is 31.5 Å². The van der Waals surface area contributed by atoms with E-state index in [1.807, 2.05) is 0 Å². The van der Waals surface area contributed by atoms with Crippen LogP contribution in [0, 0.1) is 17.8 Å². The van der Waals surface area contributed by atoms with Crippen LogP contribution in [0.2, 0.25) is 0 Å². The molecule has 0 fully saturated rings. The second-order valence-corrected chi connectivity index (χ2v) is 7.02. The van der Waals surface area contributed by atoms with Crippen LogP contribution in [0.3, 0.4) is 0 Å². The fourth-order valence-corrected chi connectivity index (χ4v) is 2.66. The molecule has 2 rings (SSSR count). The van der Waals surface area contributed by atoms with Crippen LogP contribution in [0.4, 0.5) is 13.2 Å². The Bertz CT molecular complexity index is 974. The zero-order valence-electron chi connectivity index (χ0n) is 17.3. The van der Waals surface area contributed by atoms with Gasteiger partial charge < -0.3 is 15.4 Å². The number of alkyl halides is 3. The Morgan fingerprint density at radius 2 is 1.77 bits per heavy atom. The molecular formula is C23H23F3N2O3. The Balaban J connectivity index is 1.97. The summed E-state index contributed by atoms with van der Waals surface area (Å²) in [4.78, 5) is 24.9. The van der Waals surface area contributed by atoms with Gasteiger partial charge in [-0.15, -0.1) is 0 Å². The first-order chi connectivity index (χ1) is 14.6. The highest BCUT2D eigenvalue weighted by atomic mass is 19.4. The van der Waals surface area contributed by atoms with Gasteiger partial charge in [-0.2, -0.15) is 13.2 Å². The normalized spacial score (nSPS) is 11.8. The summed E-state index contributed by atoms with van der Waals surface area (Å²) in [5.41, 5.74) is -0.217. The minimum absolute atomic E-state index is 0.0727. The molecule has 2 aromatic carbocycles. The van der Waals surface area contributed by atoms with E-state index in [0.717, 1.165) is 12.1 Å². The molecule has 0 aromatic heterocycles. The summed E-state index contributed by atoms with van der Waals surface area (Å²) in [5.74, 6) is 4.79. The number of methoxy groups -OCH3 is 1. The largest absolute Gasteiger partial charge is 0.497 e. The smallest absolute Gasteiger partial charge is 0.416 e. The molecule has 1 atom stereocenters. The molecule has 164 valence electrons. The van der Waals surface area contributed by atoms with Crippen molar-refractivity contribution in [3.05, 3.63) is 65.2 Å². The lowest BCUT2D eigenvalue weighted by Crippen LogP contribution is -2.49. The first-order valence-electron chi connectivity index (χ1n) is 9.50. The van der Waals surface area contributed by atoms with Gasteiger partial charge >= 0.3 is 6.18 Å². The maximum absolute atomic E-state index is 12.7. The minimum Gasteiger partial charge on any atom is -0.497 e. The van der Waals surface area contributed by atoms with E-state index in [1.165, 1.54) is 19.2 Å². The van der Waals surface area contributed by atoms with Gasteiger partial charge in [0.15, 0.2) is 0 Å². The maximum atomic E-state index is 12.7. The van der Waals surface area contributed by atoms with E-state index in [2.05, 4.69) is 22.5 Å². The second kappa shape index (κ2) is 10.5. The molecule has 0 aliphatic heterocycles. The van der Waals surface area contributed by atoms with Gasteiger partial charge in [-0.3, -0.25) is 9.59 Å². The molecular weight excluding hydrogens is 409 g/mol. The van der Waals surface area contributed by atoms with Crippen molar-refractivity contribution in [3.63, 3.8) is 0 Å². The van der Waals surface area contributed by atoms with E-state index in [1.54, 1.807) is 38.1 Å². The van der Waals surface area contributed by atoms with Gasteiger partial charge in [0, 0.05) is 11.1 Å². The van der Waals surface area contributed by atoms with Crippen LogP contribution in [0.1, 0.15) is 35.3 Å². The number of carbonyl (C=O) groups is 2. The molecule has 0 aliphatic rings. The molecule has 0 aliphatic carbocycles. The first-order valence-corrected chi connectivity index (χ1v) is 9.50. The fourth-order valence-electron chi connectivity index (χ4n) is 2.66. The number of benzene rings is 2. The van der Waals surface area contributed by atoms with Crippen molar-refractivity contribution in [2.24, 2.45) is 5.92 Å². The van der Waals surface area contributed by atoms with Crippen molar-refractivity contribution in [1.29, 1.82) is 0 Å². The number of hydrogen-bond donors (Lipinski definition) is 2. The maximum Gasteiger partial charge on any atom is 0.416 e. The van der Waals surface area contributed by atoms with E-state index in [0.29, 0.717) is 11.3 Å². The lowest BCUT2D eigenvalue weighted by molar-refractivity contribution is -0.137. The Morgan fingerprint density at radius 1 is 1.10 bits per heavy atom. The third-order valence-electron chi connectivity index (χ3n) is 4.36. The van der Waals surface area contributed by atoms with E-state index in [-0.39, 0.29) is 18.0 Å². The molecule has 0 saturated carbocycles. The van der Waals surface area contributed by atoms with E-state index >= 15 is 0 Å². The number of hydrogen-bond acceptors (Lipinski definition) is 3. The first kappa shape index (κ1) is 23.8. The van der Waals surface area contributed by atoms with Crippen molar-refractivity contribution in [3.8, 4) is 17.6 Å². The minimum atomic E-state index is -4.45. The summed E-state index contributed by atoms with van der Waals surface area (Å²) < 4.78 is 43.3. The molecule has 0 saturated heterocycles. The Labute approximate surface area is 179 Å². The van der Waals surface area contributed by atoms with Crippen LogP contribution in [0.5, 0.6) is 5.75 Å². The Hall–Kier alpha value is -3.47. The van der Waals surface area contributed by atoms with Crippen molar-refractivity contribution >= 4 is 11.8 Å². The number of carbonyl (C=O) groups excluding carboxylic acids is 2. The molecule has 8 heteroatoms. The van der Waals surface area contributed by atoms with Gasteiger partial charge in [0.05, 0.1) is 19.2 Å². The van der Waals surface area contributed by atoms with Crippen LogP contribution in [0.15, 0.2) is 48.5 Å². The molecule has 2 amide bonds. The summed E-state index contributed by atoms with van der Waals surface area (Å²) in [6.45, 7) is 3.50. The van der Waals surface area contributed by atoms with E-state index < -0.39 is 29.6 Å². The van der Waals surface area contributed by atoms with Gasteiger partial charge in [-0.05, 0) is 48.4 Å². The Morgan fingerprint density at radius 3 is 2.35 bits per heavy atom. The Kier molecular flexibility index (Phi) is 8.08. The number of halogens is 3. The van der Waals surface area contributed by atoms with Gasteiger partial charge in [-0.1, -0.05) is 31.8 Å². The lowest BCUT2D eigenvalue weighted by atomic mass is 10.0. The number of amides is 2. The molecule has 0 unspecified atom stereocenters. The van der Waals surface area contributed by atoms with Crippen molar-refractivity contribution in [2.45, 2.75) is 26.1 Å². The molecule has 0 heterocycles. The van der Waals surface area contributed by atoms with Crippen LogP contribution < -0.4 is 15.4 Å². The summed E-state index contributed by atoms with van der Waals surface area (Å²) >= 11 is 0. The molecule has 2 aromatic rings. The predicted octanol–water partition coefficient (Wildman–Crippen LogP) is 3.64. The lowest BCUT2D eigenvalue weighted by Gasteiger charge is -2.21. The average molecular weight is 432 g/mol. The molecule has 5 nitrogen and oxygen atoms in total. The molecule has 31 heavy (non-hydrogen) atoms. The third kappa shape index (κ3) is 7.07. The molecule has 0 spiro atoms. The number of ether oxygens (including phenoxy) is 1. The van der Waals surface area contributed by atoms with E-state index in [4.69, 9.17) is 4.74 Å². The topological polar surface area (TPSA) is 67.4 Å². The van der Waals surface area contributed by atoms with Crippen LogP contribution in [-0.2, 0) is 11.0 Å².